The van der Waals surface area contributed by atoms with Gasteiger partial charge in [0.2, 0.25) is 0 Å². The summed E-state index contributed by atoms with van der Waals surface area (Å²) < 4.78 is 0. The van der Waals surface area contributed by atoms with E-state index in [1.165, 1.54) is 5.00 Å². The molecule has 1 aromatic heterocycles. The highest BCUT2D eigenvalue weighted by atomic mass is 32.1. The Bertz CT molecular complexity index is 297. The molecule has 4 nitrogen and oxygen atoms in total. The van der Waals surface area contributed by atoms with Crippen molar-refractivity contribution < 1.29 is 10.2 Å². The van der Waals surface area contributed by atoms with E-state index in [2.05, 4.69) is 27.3 Å². The zero-order valence-electron chi connectivity index (χ0n) is 9.25. The second-order valence-electron chi connectivity index (χ2n) is 4.08. The molecule has 2 rings (SSSR count). The molecular weight excluding hydrogens is 224 g/mol. The van der Waals surface area contributed by atoms with Gasteiger partial charge in [-0.05, 0) is 17.5 Å². The number of thiophene rings is 1. The number of aliphatic hydroxyl groups excluding tert-OH is 2. The minimum atomic E-state index is -0.603. The standard InChI is InChI=1S/C11H18N2O2S/c14-9-10(15)8-12-3-5-13(6-4-12)11-2-1-7-16-11/h1-2,7,10,14-15H,3-6,8-9H2. The average molecular weight is 242 g/mol. The Hall–Kier alpha value is -0.620. The first-order valence-corrected chi connectivity index (χ1v) is 6.47. The third kappa shape index (κ3) is 2.95. The molecule has 1 fully saturated rings. The van der Waals surface area contributed by atoms with Crippen molar-refractivity contribution in [3.63, 3.8) is 0 Å². The van der Waals surface area contributed by atoms with Gasteiger partial charge in [-0.25, -0.2) is 0 Å². The van der Waals surface area contributed by atoms with Crippen molar-refractivity contribution in [3.05, 3.63) is 17.5 Å². The topological polar surface area (TPSA) is 46.9 Å². The lowest BCUT2D eigenvalue weighted by molar-refractivity contribution is 0.0575. The van der Waals surface area contributed by atoms with Crippen LogP contribution in [0.15, 0.2) is 17.5 Å². The third-order valence-electron chi connectivity index (χ3n) is 2.87. The Kier molecular flexibility index (Phi) is 4.17. The fraction of sp³-hybridized carbons (Fsp3) is 0.636. The van der Waals surface area contributed by atoms with Crippen LogP contribution in [-0.4, -0.2) is 60.5 Å². The maximum absolute atomic E-state index is 9.36. The first-order chi connectivity index (χ1) is 7.79. The Balaban J connectivity index is 1.78. The molecule has 0 aromatic carbocycles. The first-order valence-electron chi connectivity index (χ1n) is 5.59. The number of rotatable bonds is 4. The van der Waals surface area contributed by atoms with E-state index >= 15 is 0 Å². The van der Waals surface area contributed by atoms with Gasteiger partial charge in [-0.2, -0.15) is 0 Å². The van der Waals surface area contributed by atoms with E-state index in [1.807, 2.05) is 0 Å². The molecule has 0 radical (unpaired) electrons. The molecule has 1 unspecified atom stereocenters. The lowest BCUT2D eigenvalue weighted by Gasteiger charge is -2.35. The minimum absolute atomic E-state index is 0.148. The molecule has 0 saturated carbocycles. The molecule has 0 amide bonds. The number of hydrogen-bond donors (Lipinski definition) is 2. The summed E-state index contributed by atoms with van der Waals surface area (Å²) >= 11 is 1.77. The summed E-state index contributed by atoms with van der Waals surface area (Å²) in [7, 11) is 0. The van der Waals surface area contributed by atoms with Gasteiger partial charge in [0.1, 0.15) is 0 Å². The second kappa shape index (κ2) is 5.63. The molecular formula is C11H18N2O2S. The van der Waals surface area contributed by atoms with E-state index in [9.17, 15) is 5.11 Å². The van der Waals surface area contributed by atoms with E-state index in [0.717, 1.165) is 26.2 Å². The van der Waals surface area contributed by atoms with E-state index in [-0.39, 0.29) is 6.61 Å². The molecule has 1 aliphatic rings. The summed E-state index contributed by atoms with van der Waals surface area (Å²) in [6, 6.07) is 4.21. The van der Waals surface area contributed by atoms with Crippen molar-refractivity contribution in [2.45, 2.75) is 6.10 Å². The van der Waals surface area contributed by atoms with Crippen molar-refractivity contribution in [1.82, 2.24) is 4.90 Å². The summed E-state index contributed by atoms with van der Waals surface area (Å²) in [6.07, 6.45) is -0.603. The fourth-order valence-corrected chi connectivity index (χ4v) is 2.74. The van der Waals surface area contributed by atoms with Crippen LogP contribution >= 0.6 is 11.3 Å². The van der Waals surface area contributed by atoms with Crippen molar-refractivity contribution >= 4 is 16.3 Å². The molecule has 90 valence electrons. The van der Waals surface area contributed by atoms with Crippen LogP contribution in [0.2, 0.25) is 0 Å². The molecule has 0 bridgehead atoms. The normalized spacial score (nSPS) is 20.0. The van der Waals surface area contributed by atoms with Crippen LogP contribution in [0.25, 0.3) is 0 Å². The predicted octanol–water partition coefficient (Wildman–Crippen LogP) is 0.223. The van der Waals surface area contributed by atoms with E-state index in [4.69, 9.17) is 5.11 Å². The van der Waals surface area contributed by atoms with E-state index in [0.29, 0.717) is 6.54 Å². The molecule has 2 N–H and O–H groups in total. The number of piperazine rings is 1. The summed E-state index contributed by atoms with van der Waals surface area (Å²) in [6.45, 7) is 4.33. The first kappa shape index (κ1) is 11.9. The van der Waals surface area contributed by atoms with Crippen LogP contribution in [0, 0.1) is 0 Å². The average Bonchev–Trinajstić information content (AvgIpc) is 2.83. The molecule has 1 aromatic rings. The summed E-state index contributed by atoms with van der Waals surface area (Å²) in [5, 5.41) is 21.6. The molecule has 1 atom stereocenters. The highest BCUT2D eigenvalue weighted by Crippen LogP contribution is 2.22. The second-order valence-corrected chi connectivity index (χ2v) is 5.00. The van der Waals surface area contributed by atoms with Crippen molar-refractivity contribution in [3.8, 4) is 0 Å². The van der Waals surface area contributed by atoms with Gasteiger partial charge in [0.15, 0.2) is 0 Å². The number of nitrogens with zero attached hydrogens (tertiary/aromatic N) is 2. The minimum Gasteiger partial charge on any atom is -0.394 e. The maximum Gasteiger partial charge on any atom is 0.0909 e. The largest absolute Gasteiger partial charge is 0.394 e. The van der Waals surface area contributed by atoms with Gasteiger partial charge in [0, 0.05) is 32.7 Å². The van der Waals surface area contributed by atoms with Gasteiger partial charge in [-0.1, -0.05) is 0 Å². The van der Waals surface area contributed by atoms with Crippen molar-refractivity contribution in [2.75, 3.05) is 44.2 Å². The molecule has 1 saturated heterocycles. The summed E-state index contributed by atoms with van der Waals surface area (Å²) in [4.78, 5) is 4.57. The molecule has 1 aliphatic heterocycles. The highest BCUT2D eigenvalue weighted by molar-refractivity contribution is 7.14. The third-order valence-corrected chi connectivity index (χ3v) is 3.80. The van der Waals surface area contributed by atoms with Gasteiger partial charge in [-0.3, -0.25) is 4.90 Å². The van der Waals surface area contributed by atoms with Crippen LogP contribution in [0.4, 0.5) is 5.00 Å². The molecule has 0 spiro atoms. The molecule has 5 heteroatoms. The molecule has 0 aliphatic carbocycles. The lowest BCUT2D eigenvalue weighted by atomic mass is 10.2. The van der Waals surface area contributed by atoms with Gasteiger partial charge >= 0.3 is 0 Å². The van der Waals surface area contributed by atoms with Gasteiger partial charge in [0.05, 0.1) is 17.7 Å². The zero-order valence-corrected chi connectivity index (χ0v) is 10.1. The Morgan fingerprint density at radius 1 is 1.31 bits per heavy atom. The monoisotopic (exact) mass is 242 g/mol. The number of anilines is 1. The summed E-state index contributed by atoms with van der Waals surface area (Å²) in [5.41, 5.74) is 0. The smallest absolute Gasteiger partial charge is 0.0909 e. The number of β-amino-alcohol motifs (C(OH)–C–C–N with tert-alkyl or cyclic N) is 1. The van der Waals surface area contributed by atoms with E-state index < -0.39 is 6.10 Å². The lowest BCUT2D eigenvalue weighted by Crippen LogP contribution is -2.48. The quantitative estimate of drug-likeness (QED) is 0.793. The van der Waals surface area contributed by atoms with Gasteiger partial charge < -0.3 is 15.1 Å². The highest BCUT2D eigenvalue weighted by Gasteiger charge is 2.19. The van der Waals surface area contributed by atoms with Crippen LogP contribution in [0.3, 0.4) is 0 Å². The van der Waals surface area contributed by atoms with Gasteiger partial charge in [-0.15, -0.1) is 11.3 Å². The SMILES string of the molecule is OCC(O)CN1CCN(c2cccs2)CC1. The Morgan fingerprint density at radius 2 is 2.06 bits per heavy atom. The number of aliphatic hydroxyl groups is 2. The van der Waals surface area contributed by atoms with Crippen molar-refractivity contribution in [2.24, 2.45) is 0 Å². The fourth-order valence-electron chi connectivity index (χ4n) is 1.96. The Morgan fingerprint density at radius 3 is 2.62 bits per heavy atom. The van der Waals surface area contributed by atoms with E-state index in [1.54, 1.807) is 11.3 Å². The molecule has 2 heterocycles. The van der Waals surface area contributed by atoms with Crippen LogP contribution in [0.5, 0.6) is 0 Å². The van der Waals surface area contributed by atoms with Crippen molar-refractivity contribution in [1.29, 1.82) is 0 Å². The maximum atomic E-state index is 9.36. The van der Waals surface area contributed by atoms with Crippen LogP contribution in [0.1, 0.15) is 0 Å². The zero-order chi connectivity index (χ0) is 11.4. The summed E-state index contributed by atoms with van der Waals surface area (Å²) in [5.74, 6) is 0. The van der Waals surface area contributed by atoms with Crippen LogP contribution < -0.4 is 4.90 Å². The Labute approximate surface area is 99.7 Å². The number of hydrogen-bond acceptors (Lipinski definition) is 5. The molecule has 16 heavy (non-hydrogen) atoms. The predicted molar refractivity (Wildman–Crippen MR) is 66.1 cm³/mol. The van der Waals surface area contributed by atoms with Gasteiger partial charge in [0.25, 0.3) is 0 Å². The van der Waals surface area contributed by atoms with Crippen LogP contribution in [-0.2, 0) is 0 Å².